The predicted molar refractivity (Wildman–Crippen MR) is 64.4 cm³/mol. The maximum atomic E-state index is 13.6. The summed E-state index contributed by atoms with van der Waals surface area (Å²) in [6, 6.07) is 3.04. The Morgan fingerprint density at radius 2 is 2.18 bits per heavy atom. The number of imidazole rings is 1. The average molecular weight is 231 g/mol. The number of rotatable bonds is 1. The number of hydrogen-bond acceptors (Lipinski definition) is 4. The van der Waals surface area contributed by atoms with Gasteiger partial charge in [0.15, 0.2) is 0 Å². The highest BCUT2D eigenvalue weighted by Gasteiger charge is 2.09. The first-order valence-corrected chi connectivity index (χ1v) is 5.09. The summed E-state index contributed by atoms with van der Waals surface area (Å²) in [6.45, 7) is 0. The summed E-state index contributed by atoms with van der Waals surface area (Å²) in [5, 5.41) is 2.79. The van der Waals surface area contributed by atoms with Crippen molar-refractivity contribution in [2.45, 2.75) is 0 Å². The van der Waals surface area contributed by atoms with Gasteiger partial charge in [-0.25, -0.2) is 14.4 Å². The van der Waals surface area contributed by atoms with Gasteiger partial charge in [-0.3, -0.25) is 4.40 Å². The first-order valence-electron chi connectivity index (χ1n) is 5.09. The molecule has 0 aliphatic carbocycles. The Kier molecular flexibility index (Phi) is 1.91. The summed E-state index contributed by atoms with van der Waals surface area (Å²) in [4.78, 5) is 8.18. The quantitative estimate of drug-likeness (QED) is 0.668. The normalized spacial score (nSPS) is 11.2. The second kappa shape index (κ2) is 3.31. The number of nitrogens with two attached hydrogens (primary N) is 1. The first kappa shape index (κ1) is 9.83. The van der Waals surface area contributed by atoms with Crippen molar-refractivity contribution >= 4 is 28.1 Å². The van der Waals surface area contributed by atoms with Crippen LogP contribution < -0.4 is 11.1 Å². The Balaban J connectivity index is 2.51. The summed E-state index contributed by atoms with van der Waals surface area (Å²) >= 11 is 0. The predicted octanol–water partition coefficient (Wildman–Crippen LogP) is 1.65. The lowest BCUT2D eigenvalue weighted by Crippen LogP contribution is -2.00. The van der Waals surface area contributed by atoms with Crippen LogP contribution in [0.2, 0.25) is 0 Å². The Morgan fingerprint density at radius 1 is 1.35 bits per heavy atom. The minimum Gasteiger partial charge on any atom is -0.386 e. The number of anilines is 2. The SMILES string of the molecule is CNc1cc2c(cc1F)nc(N)c1cncn12. The van der Waals surface area contributed by atoms with E-state index in [9.17, 15) is 4.39 Å². The van der Waals surface area contributed by atoms with Crippen molar-refractivity contribution in [1.29, 1.82) is 0 Å². The largest absolute Gasteiger partial charge is 0.386 e. The highest BCUT2D eigenvalue weighted by atomic mass is 19.1. The summed E-state index contributed by atoms with van der Waals surface area (Å²) in [7, 11) is 1.67. The van der Waals surface area contributed by atoms with E-state index in [1.807, 2.05) is 0 Å². The topological polar surface area (TPSA) is 68.2 Å². The number of fused-ring (bicyclic) bond motifs is 3. The number of halogens is 1. The molecule has 2 heterocycles. The third kappa shape index (κ3) is 1.30. The van der Waals surface area contributed by atoms with E-state index in [-0.39, 0.29) is 5.82 Å². The van der Waals surface area contributed by atoms with Crippen molar-refractivity contribution in [3.05, 3.63) is 30.5 Å². The fraction of sp³-hybridized carbons (Fsp3) is 0.0909. The summed E-state index contributed by atoms with van der Waals surface area (Å²) in [5.41, 5.74) is 8.17. The summed E-state index contributed by atoms with van der Waals surface area (Å²) in [6.07, 6.45) is 3.26. The molecule has 0 amide bonds. The van der Waals surface area contributed by atoms with Crippen LogP contribution in [0.3, 0.4) is 0 Å². The van der Waals surface area contributed by atoms with E-state index in [2.05, 4.69) is 15.3 Å². The average Bonchev–Trinajstić information content (AvgIpc) is 2.78. The van der Waals surface area contributed by atoms with Crippen molar-refractivity contribution < 1.29 is 4.39 Å². The molecule has 5 nitrogen and oxygen atoms in total. The van der Waals surface area contributed by atoms with E-state index in [1.54, 1.807) is 30.0 Å². The molecule has 0 saturated heterocycles. The Labute approximate surface area is 96.1 Å². The molecule has 0 fully saturated rings. The van der Waals surface area contributed by atoms with Crippen LogP contribution in [0.4, 0.5) is 15.9 Å². The van der Waals surface area contributed by atoms with E-state index < -0.39 is 0 Å². The Morgan fingerprint density at radius 3 is 2.94 bits per heavy atom. The van der Waals surface area contributed by atoms with E-state index >= 15 is 0 Å². The first-order chi connectivity index (χ1) is 8.20. The second-order valence-electron chi connectivity index (χ2n) is 3.72. The summed E-state index contributed by atoms with van der Waals surface area (Å²) in [5.74, 6) is -0.0158. The van der Waals surface area contributed by atoms with Gasteiger partial charge in [-0.15, -0.1) is 0 Å². The Hall–Kier alpha value is -2.37. The lowest BCUT2D eigenvalue weighted by Gasteiger charge is -2.07. The minimum absolute atomic E-state index is 0.339. The molecule has 0 atom stereocenters. The van der Waals surface area contributed by atoms with Gasteiger partial charge >= 0.3 is 0 Å². The molecule has 0 radical (unpaired) electrons. The maximum Gasteiger partial charge on any atom is 0.150 e. The number of nitrogen functional groups attached to an aromatic ring is 1. The molecule has 0 aliphatic heterocycles. The molecule has 0 saturated carbocycles. The lowest BCUT2D eigenvalue weighted by molar-refractivity contribution is 0.632. The number of hydrogen-bond donors (Lipinski definition) is 2. The second-order valence-corrected chi connectivity index (χ2v) is 3.72. The fourth-order valence-corrected chi connectivity index (χ4v) is 1.89. The van der Waals surface area contributed by atoms with Crippen molar-refractivity contribution in [3.8, 4) is 0 Å². The van der Waals surface area contributed by atoms with Crippen LogP contribution in [0, 0.1) is 5.82 Å². The highest BCUT2D eigenvalue weighted by Crippen LogP contribution is 2.24. The third-order valence-electron chi connectivity index (χ3n) is 2.73. The van der Waals surface area contributed by atoms with E-state index in [4.69, 9.17) is 5.73 Å². The van der Waals surface area contributed by atoms with Crippen LogP contribution in [0.25, 0.3) is 16.6 Å². The molecular weight excluding hydrogens is 221 g/mol. The zero-order valence-electron chi connectivity index (χ0n) is 9.11. The Bertz CT molecular complexity index is 719. The van der Waals surface area contributed by atoms with Crippen LogP contribution in [-0.4, -0.2) is 21.4 Å². The van der Waals surface area contributed by atoms with Gasteiger partial charge in [0.1, 0.15) is 17.2 Å². The molecule has 0 unspecified atom stereocenters. The van der Waals surface area contributed by atoms with Crippen LogP contribution in [-0.2, 0) is 0 Å². The van der Waals surface area contributed by atoms with Crippen LogP contribution in [0.5, 0.6) is 0 Å². The van der Waals surface area contributed by atoms with Gasteiger partial charge in [-0.2, -0.15) is 0 Å². The smallest absolute Gasteiger partial charge is 0.150 e. The summed E-state index contributed by atoms with van der Waals surface area (Å²) < 4.78 is 15.4. The fourth-order valence-electron chi connectivity index (χ4n) is 1.89. The molecule has 1 aromatic carbocycles. The van der Waals surface area contributed by atoms with Gasteiger partial charge in [0.25, 0.3) is 0 Å². The van der Waals surface area contributed by atoms with Crippen molar-refractivity contribution in [3.63, 3.8) is 0 Å². The van der Waals surface area contributed by atoms with Crippen LogP contribution in [0.1, 0.15) is 0 Å². The number of aromatic nitrogens is 3. The van der Waals surface area contributed by atoms with Crippen LogP contribution >= 0.6 is 0 Å². The number of nitrogens with zero attached hydrogens (tertiary/aromatic N) is 3. The lowest BCUT2D eigenvalue weighted by atomic mass is 10.2. The van der Waals surface area contributed by atoms with Crippen LogP contribution in [0.15, 0.2) is 24.7 Å². The van der Waals surface area contributed by atoms with Gasteiger partial charge in [0.2, 0.25) is 0 Å². The number of nitrogens with one attached hydrogen (secondary N) is 1. The molecule has 3 aromatic rings. The van der Waals surface area contributed by atoms with E-state index in [1.165, 1.54) is 6.07 Å². The minimum atomic E-state index is -0.355. The zero-order valence-corrected chi connectivity index (χ0v) is 9.11. The van der Waals surface area contributed by atoms with Crippen molar-refractivity contribution in [1.82, 2.24) is 14.4 Å². The molecule has 0 spiro atoms. The van der Waals surface area contributed by atoms with Crippen molar-refractivity contribution in [2.75, 3.05) is 18.1 Å². The van der Waals surface area contributed by atoms with Crippen molar-refractivity contribution in [2.24, 2.45) is 0 Å². The van der Waals surface area contributed by atoms with E-state index in [0.717, 1.165) is 5.52 Å². The van der Waals surface area contributed by atoms with Gasteiger partial charge in [0.05, 0.1) is 29.2 Å². The maximum absolute atomic E-state index is 13.6. The number of benzene rings is 1. The third-order valence-corrected chi connectivity index (χ3v) is 2.73. The molecule has 0 bridgehead atoms. The molecule has 17 heavy (non-hydrogen) atoms. The van der Waals surface area contributed by atoms with Gasteiger partial charge in [-0.05, 0) is 6.07 Å². The van der Waals surface area contributed by atoms with E-state index in [0.29, 0.717) is 22.5 Å². The molecule has 3 N–H and O–H groups in total. The molecule has 0 aliphatic rings. The molecular formula is C11H10FN5. The highest BCUT2D eigenvalue weighted by molar-refractivity contribution is 5.85. The molecule has 86 valence electrons. The van der Waals surface area contributed by atoms with Gasteiger partial charge in [0, 0.05) is 13.1 Å². The molecule has 2 aromatic heterocycles. The van der Waals surface area contributed by atoms with Gasteiger partial charge < -0.3 is 11.1 Å². The van der Waals surface area contributed by atoms with Gasteiger partial charge in [-0.1, -0.05) is 0 Å². The standard InChI is InChI=1S/C11H10FN5/c1-14-7-3-9-8(2-6(7)12)16-11(13)10-4-15-5-17(9)10/h2-5,14H,1H3,(H2,13,16). The monoisotopic (exact) mass is 231 g/mol. The zero-order chi connectivity index (χ0) is 12.0. The molecule has 3 rings (SSSR count). The molecule has 6 heteroatoms.